The van der Waals surface area contributed by atoms with Gasteiger partial charge >= 0.3 is 0 Å². The lowest BCUT2D eigenvalue weighted by molar-refractivity contribution is 0.289. The normalized spacial score (nSPS) is 19.5. The molecule has 0 spiro atoms. The molecular formula is C21H20N4. The molecule has 4 nitrogen and oxygen atoms in total. The third kappa shape index (κ3) is 2.88. The highest BCUT2D eigenvalue weighted by molar-refractivity contribution is 5.98. The van der Waals surface area contributed by atoms with Crippen molar-refractivity contribution in [3.8, 4) is 0 Å². The first-order valence-electron chi connectivity index (χ1n) is 8.34. The summed E-state index contributed by atoms with van der Waals surface area (Å²) < 4.78 is 0. The van der Waals surface area contributed by atoms with E-state index in [-0.39, 0.29) is 0 Å². The van der Waals surface area contributed by atoms with Gasteiger partial charge in [0.15, 0.2) is 11.5 Å². The highest BCUT2D eigenvalue weighted by atomic mass is 15.6. The first kappa shape index (κ1) is 15.4. The molecule has 0 radical (unpaired) electrons. The molecule has 0 amide bonds. The van der Waals surface area contributed by atoms with E-state index in [9.17, 15) is 0 Å². The van der Waals surface area contributed by atoms with Gasteiger partial charge in [0, 0.05) is 5.56 Å². The minimum Gasteiger partial charge on any atom is -0.301 e. The molecule has 1 aliphatic rings. The van der Waals surface area contributed by atoms with Crippen LogP contribution >= 0.6 is 0 Å². The van der Waals surface area contributed by atoms with Gasteiger partial charge in [0.05, 0.1) is 0 Å². The number of hydrogen-bond donors (Lipinski definition) is 3. The van der Waals surface area contributed by atoms with E-state index < -0.39 is 5.66 Å². The van der Waals surface area contributed by atoms with E-state index in [1.807, 2.05) is 48.5 Å². The van der Waals surface area contributed by atoms with Gasteiger partial charge in [-0.2, -0.15) is 5.10 Å². The highest BCUT2D eigenvalue weighted by Crippen LogP contribution is 2.28. The largest absolute Gasteiger partial charge is 0.301 e. The fourth-order valence-corrected chi connectivity index (χ4v) is 3.01. The van der Waals surface area contributed by atoms with Crippen molar-refractivity contribution in [2.75, 3.05) is 0 Å². The van der Waals surface area contributed by atoms with Crippen LogP contribution in [0.25, 0.3) is 0 Å². The number of benzene rings is 3. The lowest BCUT2D eigenvalue weighted by atomic mass is 9.91. The van der Waals surface area contributed by atoms with Gasteiger partial charge in [0.2, 0.25) is 0 Å². The number of nitrogens with one attached hydrogen (secondary N) is 3. The first-order chi connectivity index (χ1) is 12.3. The maximum absolute atomic E-state index is 4.62. The van der Waals surface area contributed by atoms with Crippen LogP contribution < -0.4 is 16.3 Å². The molecule has 3 aromatic rings. The Morgan fingerprint density at radius 1 is 0.720 bits per heavy atom. The average molecular weight is 328 g/mol. The summed E-state index contributed by atoms with van der Waals surface area (Å²) in [6.45, 7) is 2.09. The molecule has 3 N–H and O–H groups in total. The summed E-state index contributed by atoms with van der Waals surface area (Å²) in [5.74, 6) is 0.763. The van der Waals surface area contributed by atoms with Crippen LogP contribution in [0, 0.1) is 6.92 Å². The number of hydrazine groups is 1. The van der Waals surface area contributed by atoms with Crippen LogP contribution in [0.2, 0.25) is 0 Å². The molecule has 0 aromatic heterocycles. The van der Waals surface area contributed by atoms with Gasteiger partial charge in [0.25, 0.3) is 0 Å². The number of hydrazone groups is 1. The summed E-state index contributed by atoms with van der Waals surface area (Å²) in [6, 6.07) is 28.8. The van der Waals surface area contributed by atoms with Gasteiger partial charge in [-0.05, 0) is 18.1 Å². The molecule has 0 bridgehead atoms. The van der Waals surface area contributed by atoms with E-state index in [0.717, 1.165) is 22.5 Å². The second-order valence-corrected chi connectivity index (χ2v) is 6.17. The number of aryl methyl sites for hydroxylation is 1. The molecule has 4 heteroatoms. The molecule has 0 fully saturated rings. The van der Waals surface area contributed by atoms with Gasteiger partial charge in [-0.1, -0.05) is 90.5 Å². The Morgan fingerprint density at radius 3 is 1.92 bits per heavy atom. The van der Waals surface area contributed by atoms with Crippen molar-refractivity contribution < 1.29 is 0 Å². The van der Waals surface area contributed by atoms with Crippen LogP contribution in [0.1, 0.15) is 22.3 Å². The monoisotopic (exact) mass is 328 g/mol. The van der Waals surface area contributed by atoms with Crippen molar-refractivity contribution in [1.82, 2.24) is 16.3 Å². The molecule has 1 aliphatic heterocycles. The van der Waals surface area contributed by atoms with Crippen molar-refractivity contribution in [2.24, 2.45) is 5.10 Å². The molecule has 0 saturated heterocycles. The summed E-state index contributed by atoms with van der Waals surface area (Å²) >= 11 is 0. The second kappa shape index (κ2) is 6.42. The molecule has 1 atom stereocenters. The number of rotatable bonds is 3. The Bertz CT molecular complexity index is 873. The van der Waals surface area contributed by atoms with E-state index in [4.69, 9.17) is 0 Å². The van der Waals surface area contributed by atoms with Crippen molar-refractivity contribution in [1.29, 1.82) is 0 Å². The van der Waals surface area contributed by atoms with Gasteiger partial charge in [-0.3, -0.25) is 5.43 Å². The molecule has 4 rings (SSSR count). The number of hydrogen-bond acceptors (Lipinski definition) is 4. The molecule has 1 unspecified atom stereocenters. The standard InChI is InChI=1S/C21H20N4/c1-16-12-14-19(15-13-16)21(18-10-6-3-7-11-18)24-22-20(23-25-21)17-8-4-2-5-9-17/h2-15,24-25H,1H3,(H,22,23). The van der Waals surface area contributed by atoms with Crippen LogP contribution in [0.5, 0.6) is 0 Å². The van der Waals surface area contributed by atoms with Crippen LogP contribution in [0.3, 0.4) is 0 Å². The van der Waals surface area contributed by atoms with Crippen molar-refractivity contribution in [3.05, 3.63) is 107 Å². The maximum Gasteiger partial charge on any atom is 0.173 e. The van der Waals surface area contributed by atoms with Crippen LogP contribution in [-0.4, -0.2) is 5.84 Å². The van der Waals surface area contributed by atoms with Gasteiger partial charge in [-0.25, -0.2) is 5.43 Å². The maximum atomic E-state index is 4.62. The van der Waals surface area contributed by atoms with E-state index in [1.54, 1.807) is 0 Å². The molecule has 25 heavy (non-hydrogen) atoms. The van der Waals surface area contributed by atoms with Crippen LogP contribution in [0.15, 0.2) is 90.0 Å². The molecule has 0 saturated carbocycles. The lowest BCUT2D eigenvalue weighted by Gasteiger charge is -2.39. The number of nitrogens with zero attached hydrogens (tertiary/aromatic N) is 1. The zero-order valence-corrected chi connectivity index (χ0v) is 14.0. The summed E-state index contributed by atoms with van der Waals surface area (Å²) in [6.07, 6.45) is 0. The minimum atomic E-state index is -0.632. The van der Waals surface area contributed by atoms with Crippen molar-refractivity contribution in [3.63, 3.8) is 0 Å². The first-order valence-corrected chi connectivity index (χ1v) is 8.34. The summed E-state index contributed by atoms with van der Waals surface area (Å²) in [5, 5.41) is 4.62. The fourth-order valence-electron chi connectivity index (χ4n) is 3.01. The zero-order chi connectivity index (χ0) is 17.1. The summed E-state index contributed by atoms with van der Waals surface area (Å²) in [4.78, 5) is 0. The van der Waals surface area contributed by atoms with Gasteiger partial charge in [0.1, 0.15) is 0 Å². The third-order valence-corrected chi connectivity index (χ3v) is 4.44. The molecule has 0 aliphatic carbocycles. The predicted molar refractivity (Wildman–Crippen MR) is 101 cm³/mol. The SMILES string of the molecule is Cc1ccc(C2(c3ccccc3)NN=C(c3ccccc3)NN2)cc1. The summed E-state index contributed by atoms with van der Waals surface area (Å²) in [5.41, 5.74) is 13.9. The van der Waals surface area contributed by atoms with Crippen molar-refractivity contribution in [2.45, 2.75) is 12.6 Å². The number of amidine groups is 1. The Morgan fingerprint density at radius 2 is 1.32 bits per heavy atom. The lowest BCUT2D eigenvalue weighted by Crippen LogP contribution is -2.63. The Hall–Kier alpha value is -3.11. The smallest absolute Gasteiger partial charge is 0.173 e. The van der Waals surface area contributed by atoms with Crippen LogP contribution in [0.4, 0.5) is 0 Å². The minimum absolute atomic E-state index is 0.632. The van der Waals surface area contributed by atoms with Gasteiger partial charge in [-0.15, -0.1) is 0 Å². The molecule has 1 heterocycles. The quantitative estimate of drug-likeness (QED) is 0.692. The van der Waals surface area contributed by atoms with Crippen LogP contribution in [-0.2, 0) is 5.66 Å². The summed E-state index contributed by atoms with van der Waals surface area (Å²) in [7, 11) is 0. The van der Waals surface area contributed by atoms with E-state index >= 15 is 0 Å². The highest BCUT2D eigenvalue weighted by Gasteiger charge is 2.36. The Balaban J connectivity index is 1.76. The topological polar surface area (TPSA) is 48.5 Å². The van der Waals surface area contributed by atoms with E-state index in [2.05, 4.69) is 64.7 Å². The average Bonchev–Trinajstić information content (AvgIpc) is 2.70. The van der Waals surface area contributed by atoms with Crippen molar-refractivity contribution >= 4 is 5.84 Å². The fraction of sp³-hybridized carbons (Fsp3) is 0.0952. The Kier molecular flexibility index (Phi) is 3.96. The zero-order valence-electron chi connectivity index (χ0n) is 14.0. The van der Waals surface area contributed by atoms with Gasteiger partial charge < -0.3 is 5.43 Å². The van der Waals surface area contributed by atoms with E-state index in [0.29, 0.717) is 0 Å². The Labute approximate surface area is 147 Å². The second-order valence-electron chi connectivity index (χ2n) is 6.17. The molecule has 3 aromatic carbocycles. The van der Waals surface area contributed by atoms with E-state index in [1.165, 1.54) is 5.56 Å². The molecule has 124 valence electrons. The third-order valence-electron chi connectivity index (χ3n) is 4.44. The molecular weight excluding hydrogens is 308 g/mol. The predicted octanol–water partition coefficient (Wildman–Crippen LogP) is 3.26.